The zero-order valence-electron chi connectivity index (χ0n) is 17.1. The first-order chi connectivity index (χ1) is 13.9. The van der Waals surface area contributed by atoms with Gasteiger partial charge in [0.25, 0.3) is 5.91 Å². The monoisotopic (exact) mass is 395 g/mol. The van der Waals surface area contributed by atoms with Crippen molar-refractivity contribution in [3.8, 4) is 5.69 Å². The standard InChI is InChI=1S/C22H25N3O4/c1-14-19(11-12-21(26)28-4)16(3)25(24-14)18-9-7-17(8-10-18)22(27)23-15(2)20-6-5-13-29-20/h5-10,13,15H,11-12H2,1-4H3,(H,23,27)/t15-/m0/s1. The number of carbonyl (C=O) groups is 2. The van der Waals surface area contributed by atoms with E-state index in [1.807, 2.05) is 43.7 Å². The van der Waals surface area contributed by atoms with Crippen LogP contribution >= 0.6 is 0 Å². The molecule has 1 aromatic carbocycles. The van der Waals surface area contributed by atoms with Gasteiger partial charge in [0, 0.05) is 17.7 Å². The topological polar surface area (TPSA) is 86.4 Å². The minimum absolute atomic E-state index is 0.174. The number of rotatable bonds is 7. The minimum Gasteiger partial charge on any atom is -0.469 e. The molecule has 2 aromatic heterocycles. The normalized spacial score (nSPS) is 11.9. The van der Waals surface area contributed by atoms with E-state index in [0.717, 1.165) is 22.6 Å². The predicted octanol–water partition coefficient (Wildman–Crippen LogP) is 3.68. The summed E-state index contributed by atoms with van der Waals surface area (Å²) >= 11 is 0. The van der Waals surface area contributed by atoms with Gasteiger partial charge in [-0.1, -0.05) is 0 Å². The first-order valence-corrected chi connectivity index (χ1v) is 9.47. The maximum absolute atomic E-state index is 12.5. The third kappa shape index (κ3) is 4.56. The van der Waals surface area contributed by atoms with Crippen molar-refractivity contribution >= 4 is 11.9 Å². The van der Waals surface area contributed by atoms with Crippen LogP contribution in [0.1, 0.15) is 52.5 Å². The van der Waals surface area contributed by atoms with Crippen LogP contribution in [0.2, 0.25) is 0 Å². The molecule has 0 spiro atoms. The third-order valence-electron chi connectivity index (χ3n) is 4.94. The summed E-state index contributed by atoms with van der Waals surface area (Å²) in [6.07, 6.45) is 2.48. The molecule has 0 aliphatic carbocycles. The van der Waals surface area contributed by atoms with Crippen LogP contribution in [0.15, 0.2) is 47.1 Å². The van der Waals surface area contributed by atoms with Gasteiger partial charge in [0.2, 0.25) is 0 Å². The van der Waals surface area contributed by atoms with Crippen LogP contribution in [0.25, 0.3) is 5.69 Å². The summed E-state index contributed by atoms with van der Waals surface area (Å²) in [5.74, 6) is 0.292. The van der Waals surface area contributed by atoms with Gasteiger partial charge in [0.05, 0.1) is 30.8 Å². The Hall–Kier alpha value is -3.35. The Kier molecular flexibility index (Phi) is 6.16. The fraction of sp³-hybridized carbons (Fsp3) is 0.318. The molecule has 0 saturated heterocycles. The van der Waals surface area contributed by atoms with Crippen LogP contribution in [0.3, 0.4) is 0 Å². The molecule has 7 nitrogen and oxygen atoms in total. The van der Waals surface area contributed by atoms with E-state index in [1.54, 1.807) is 24.5 Å². The highest BCUT2D eigenvalue weighted by Crippen LogP contribution is 2.20. The smallest absolute Gasteiger partial charge is 0.305 e. The van der Waals surface area contributed by atoms with E-state index in [9.17, 15) is 9.59 Å². The number of nitrogens with one attached hydrogen (secondary N) is 1. The zero-order valence-corrected chi connectivity index (χ0v) is 17.1. The highest BCUT2D eigenvalue weighted by molar-refractivity contribution is 5.94. The molecule has 1 amide bonds. The van der Waals surface area contributed by atoms with Gasteiger partial charge >= 0.3 is 5.97 Å². The molecule has 0 fully saturated rings. The van der Waals surface area contributed by atoms with Gasteiger partial charge in [0.1, 0.15) is 5.76 Å². The number of ether oxygens (including phenoxy) is 1. The molecule has 1 atom stereocenters. The summed E-state index contributed by atoms with van der Waals surface area (Å²) in [5, 5.41) is 7.51. The first-order valence-electron chi connectivity index (χ1n) is 9.47. The van der Waals surface area contributed by atoms with Gasteiger partial charge in [-0.2, -0.15) is 5.10 Å². The molecule has 0 aliphatic heterocycles. The van der Waals surface area contributed by atoms with E-state index in [2.05, 4.69) is 10.4 Å². The molecule has 0 unspecified atom stereocenters. The lowest BCUT2D eigenvalue weighted by atomic mass is 10.1. The second-order valence-corrected chi connectivity index (χ2v) is 6.89. The number of amides is 1. The molecule has 3 aromatic rings. The number of aromatic nitrogens is 2. The van der Waals surface area contributed by atoms with Crippen LogP contribution in [0, 0.1) is 13.8 Å². The second kappa shape index (κ2) is 8.77. The van der Waals surface area contributed by atoms with Crippen molar-refractivity contribution in [3.05, 3.63) is 70.9 Å². The number of carbonyl (C=O) groups excluding carboxylic acids is 2. The first kappa shape index (κ1) is 20.4. The van der Waals surface area contributed by atoms with Crippen molar-refractivity contribution in [1.29, 1.82) is 0 Å². The summed E-state index contributed by atoms with van der Waals surface area (Å²) in [4.78, 5) is 23.9. The molecular weight excluding hydrogens is 370 g/mol. The Labute approximate surface area is 169 Å². The van der Waals surface area contributed by atoms with Crippen LogP contribution < -0.4 is 5.32 Å². The lowest BCUT2D eigenvalue weighted by molar-refractivity contribution is -0.140. The summed E-state index contributed by atoms with van der Waals surface area (Å²) < 4.78 is 11.9. The van der Waals surface area contributed by atoms with Crippen LogP contribution in [0.5, 0.6) is 0 Å². The molecule has 7 heteroatoms. The van der Waals surface area contributed by atoms with Crippen LogP contribution in [-0.2, 0) is 16.0 Å². The fourth-order valence-electron chi connectivity index (χ4n) is 3.26. The van der Waals surface area contributed by atoms with Crippen molar-refractivity contribution in [1.82, 2.24) is 15.1 Å². The van der Waals surface area contributed by atoms with Crippen LogP contribution in [0.4, 0.5) is 0 Å². The quantitative estimate of drug-likeness (QED) is 0.617. The van der Waals surface area contributed by atoms with Crippen LogP contribution in [-0.4, -0.2) is 28.8 Å². The summed E-state index contributed by atoms with van der Waals surface area (Å²) in [6.45, 7) is 5.77. The molecule has 152 valence electrons. The minimum atomic E-state index is -0.240. The molecular formula is C22H25N3O4. The number of furan rings is 1. The molecule has 2 heterocycles. The Morgan fingerprint density at radius 1 is 1.21 bits per heavy atom. The summed E-state index contributed by atoms with van der Waals surface area (Å²) in [6, 6.07) is 10.7. The number of aryl methyl sites for hydroxylation is 1. The van der Waals surface area contributed by atoms with E-state index < -0.39 is 0 Å². The molecule has 0 bridgehead atoms. The van der Waals surface area contributed by atoms with Gasteiger partial charge in [-0.05, 0) is 69.2 Å². The van der Waals surface area contributed by atoms with Crippen molar-refractivity contribution in [3.63, 3.8) is 0 Å². The molecule has 0 radical (unpaired) electrons. The maximum Gasteiger partial charge on any atom is 0.305 e. The fourth-order valence-corrected chi connectivity index (χ4v) is 3.26. The molecule has 0 aliphatic rings. The number of hydrogen-bond donors (Lipinski definition) is 1. The molecule has 0 saturated carbocycles. The van der Waals surface area contributed by atoms with Gasteiger partial charge in [-0.15, -0.1) is 0 Å². The number of nitrogens with zero attached hydrogens (tertiary/aromatic N) is 2. The lowest BCUT2D eigenvalue weighted by Gasteiger charge is -2.12. The summed E-state index contributed by atoms with van der Waals surface area (Å²) in [5.41, 5.74) is 4.28. The summed E-state index contributed by atoms with van der Waals surface area (Å²) in [7, 11) is 1.39. The van der Waals surface area contributed by atoms with E-state index in [0.29, 0.717) is 24.2 Å². The number of benzene rings is 1. The molecule has 1 N–H and O–H groups in total. The largest absolute Gasteiger partial charge is 0.469 e. The second-order valence-electron chi connectivity index (χ2n) is 6.89. The SMILES string of the molecule is COC(=O)CCc1c(C)nn(-c2ccc(C(=O)N[C@@H](C)c3ccco3)cc2)c1C. The van der Waals surface area contributed by atoms with Gasteiger partial charge in [-0.25, -0.2) is 4.68 Å². The predicted molar refractivity (Wildman–Crippen MR) is 108 cm³/mol. The van der Waals surface area contributed by atoms with E-state index in [-0.39, 0.29) is 17.9 Å². The van der Waals surface area contributed by atoms with Crippen molar-refractivity contribution in [2.24, 2.45) is 0 Å². The third-order valence-corrected chi connectivity index (χ3v) is 4.94. The zero-order chi connectivity index (χ0) is 21.0. The van der Waals surface area contributed by atoms with E-state index >= 15 is 0 Å². The van der Waals surface area contributed by atoms with Crippen molar-refractivity contribution in [2.45, 2.75) is 39.7 Å². The van der Waals surface area contributed by atoms with E-state index in [4.69, 9.17) is 9.15 Å². The van der Waals surface area contributed by atoms with Crippen molar-refractivity contribution in [2.75, 3.05) is 7.11 Å². The average molecular weight is 395 g/mol. The average Bonchev–Trinajstić information content (AvgIpc) is 3.35. The number of hydrogen-bond acceptors (Lipinski definition) is 5. The number of esters is 1. The highest BCUT2D eigenvalue weighted by Gasteiger charge is 2.16. The molecule has 29 heavy (non-hydrogen) atoms. The maximum atomic E-state index is 12.5. The Bertz CT molecular complexity index is 988. The van der Waals surface area contributed by atoms with E-state index in [1.165, 1.54) is 7.11 Å². The van der Waals surface area contributed by atoms with Gasteiger partial charge in [0.15, 0.2) is 0 Å². The highest BCUT2D eigenvalue weighted by atomic mass is 16.5. The number of methoxy groups -OCH3 is 1. The van der Waals surface area contributed by atoms with Gasteiger partial charge in [-0.3, -0.25) is 9.59 Å². The molecule has 3 rings (SSSR count). The lowest BCUT2D eigenvalue weighted by Crippen LogP contribution is -2.26. The van der Waals surface area contributed by atoms with Gasteiger partial charge < -0.3 is 14.5 Å². The Morgan fingerprint density at radius 3 is 2.55 bits per heavy atom. The van der Waals surface area contributed by atoms with Crippen molar-refractivity contribution < 1.29 is 18.7 Å². The Balaban J connectivity index is 1.73. The Morgan fingerprint density at radius 2 is 1.93 bits per heavy atom.